The third-order valence-corrected chi connectivity index (χ3v) is 12.2. The molecule has 2 bridgehead atoms. The Morgan fingerprint density at radius 2 is 1.76 bits per heavy atom. The van der Waals surface area contributed by atoms with Gasteiger partial charge < -0.3 is 20.4 Å². The molecule has 6 atom stereocenters. The Bertz CT molecular complexity index is 1410. The van der Waals surface area contributed by atoms with Crippen LogP contribution in [0.5, 0.6) is 5.75 Å². The average Bonchev–Trinajstić information content (AvgIpc) is 3.56. The van der Waals surface area contributed by atoms with Crippen molar-refractivity contribution in [1.29, 1.82) is 0 Å². The third kappa shape index (κ3) is 9.88. The monoisotopic (exact) mass is 670 g/mol. The number of phenols is 1. The quantitative estimate of drug-likeness (QED) is 0.118. The Kier molecular flexibility index (Phi) is 14.0. The Labute approximate surface area is 295 Å². The fraction of sp³-hybridized carbons (Fsp3) is 0.614. The van der Waals surface area contributed by atoms with E-state index in [9.17, 15) is 25.2 Å². The van der Waals surface area contributed by atoms with Gasteiger partial charge in [0, 0.05) is 5.41 Å². The summed E-state index contributed by atoms with van der Waals surface area (Å²) < 4.78 is 0. The van der Waals surface area contributed by atoms with Gasteiger partial charge in [0.05, 0.1) is 18.6 Å². The molecule has 0 aliphatic heterocycles. The summed E-state index contributed by atoms with van der Waals surface area (Å²) in [6.07, 6.45) is 24.9. The number of aliphatic carboxylic acids is 1. The predicted octanol–water partition coefficient (Wildman–Crippen LogP) is 9.96. The first-order chi connectivity index (χ1) is 23.8. The second-order valence-electron chi connectivity index (χ2n) is 15.6. The second-order valence-corrected chi connectivity index (χ2v) is 15.6. The zero-order valence-corrected chi connectivity index (χ0v) is 30.0. The largest absolute Gasteiger partial charge is 0.508 e. The van der Waals surface area contributed by atoms with Gasteiger partial charge in [0.15, 0.2) is 0 Å². The van der Waals surface area contributed by atoms with Crippen molar-refractivity contribution in [1.82, 2.24) is 0 Å². The molecular formula is C44H62O5. The number of aliphatic hydroxyl groups is 2. The topological polar surface area (TPSA) is 98.0 Å². The SMILES string of the molecule is CCCCCc1cc([C@@H]2Cc3cccc(c3)[C@]3(CCC[C@@H](O)C3)[C@H](C(=O)O)C/C=C/C[C@H]2CCCCCC[C@@H]2C=C(CO)CC2)ccc1O. The van der Waals surface area contributed by atoms with Gasteiger partial charge in [0.2, 0.25) is 0 Å². The molecule has 1 saturated carbocycles. The number of carbonyl (C=O) groups is 1. The van der Waals surface area contributed by atoms with Crippen molar-refractivity contribution in [2.24, 2.45) is 17.8 Å². The molecule has 3 aliphatic rings. The fourth-order valence-electron chi connectivity index (χ4n) is 9.42. The van der Waals surface area contributed by atoms with Crippen LogP contribution in [0.4, 0.5) is 0 Å². The van der Waals surface area contributed by atoms with Crippen LogP contribution in [0, 0.1) is 17.8 Å². The standard InChI is InChI=1S/C44H62O5/c1-2-3-6-17-37-29-36(23-24-42(37)47)40-28-33-14-11-18-38(27-33)44(25-12-19-39(46)30-44)41(43(48)49)20-10-9-16-35(40)15-8-5-4-7-13-32-21-22-34(26-32)31-45/h9-11,14,18,23-24,26-27,29,32,35,39-41,45-47H,2-8,12-13,15-17,19-22,25,28,30-31H2,1H3,(H,48,49)/b10-9+/t32-,35+,39+,40+,41-,44+/m0/s1. The van der Waals surface area contributed by atoms with Gasteiger partial charge in [-0.25, -0.2) is 0 Å². The molecular weight excluding hydrogens is 608 g/mol. The number of rotatable bonds is 14. The van der Waals surface area contributed by atoms with Crippen LogP contribution in [-0.2, 0) is 23.1 Å². The van der Waals surface area contributed by atoms with Gasteiger partial charge in [-0.15, -0.1) is 0 Å². The number of aliphatic hydroxyl groups excluding tert-OH is 2. The Balaban J connectivity index is 1.41. The minimum atomic E-state index is -0.768. The molecule has 0 amide bonds. The first-order valence-electron chi connectivity index (χ1n) is 19.6. The number of carboxylic acids is 1. The minimum Gasteiger partial charge on any atom is -0.508 e. The molecule has 49 heavy (non-hydrogen) atoms. The van der Waals surface area contributed by atoms with Gasteiger partial charge in [0.25, 0.3) is 0 Å². The molecule has 0 heterocycles. The number of fused-ring (bicyclic) bond motifs is 3. The number of carboxylic acid groups (broad SMARTS) is 1. The van der Waals surface area contributed by atoms with E-state index in [0.717, 1.165) is 88.2 Å². The molecule has 2 aromatic rings. The number of allylic oxidation sites excluding steroid dienone is 3. The van der Waals surface area contributed by atoms with E-state index in [4.69, 9.17) is 0 Å². The number of aromatic hydroxyl groups is 1. The third-order valence-electron chi connectivity index (χ3n) is 12.2. The molecule has 0 aromatic heterocycles. The summed E-state index contributed by atoms with van der Waals surface area (Å²) in [5.41, 5.74) is 5.26. The smallest absolute Gasteiger partial charge is 0.307 e. The molecule has 0 radical (unpaired) electrons. The van der Waals surface area contributed by atoms with Gasteiger partial charge in [-0.2, -0.15) is 0 Å². The highest BCUT2D eigenvalue weighted by Crippen LogP contribution is 2.48. The summed E-state index contributed by atoms with van der Waals surface area (Å²) in [6.45, 7) is 2.42. The van der Waals surface area contributed by atoms with Crippen molar-refractivity contribution in [2.75, 3.05) is 6.61 Å². The van der Waals surface area contributed by atoms with Gasteiger partial charge >= 0.3 is 5.97 Å². The van der Waals surface area contributed by atoms with Crippen LogP contribution in [0.1, 0.15) is 144 Å². The van der Waals surface area contributed by atoms with Crippen molar-refractivity contribution in [3.8, 4) is 5.75 Å². The number of benzene rings is 2. The molecule has 268 valence electrons. The van der Waals surface area contributed by atoms with Crippen molar-refractivity contribution in [3.63, 3.8) is 0 Å². The molecule has 5 nitrogen and oxygen atoms in total. The van der Waals surface area contributed by atoms with Gasteiger partial charge in [0.1, 0.15) is 5.75 Å². The summed E-state index contributed by atoms with van der Waals surface area (Å²) in [6, 6.07) is 15.0. The van der Waals surface area contributed by atoms with Crippen molar-refractivity contribution in [3.05, 3.63) is 88.5 Å². The highest BCUT2D eigenvalue weighted by Gasteiger charge is 2.47. The van der Waals surface area contributed by atoms with E-state index in [1.807, 2.05) is 6.07 Å². The highest BCUT2D eigenvalue weighted by atomic mass is 16.4. The average molecular weight is 671 g/mol. The molecule has 3 aliphatic carbocycles. The molecule has 1 spiro atoms. The molecule has 2 aromatic carbocycles. The summed E-state index contributed by atoms with van der Waals surface area (Å²) in [7, 11) is 0. The summed E-state index contributed by atoms with van der Waals surface area (Å²) in [5, 5.41) is 41.7. The maximum atomic E-state index is 12.9. The number of hydrogen-bond donors (Lipinski definition) is 4. The molecule has 5 heteroatoms. The summed E-state index contributed by atoms with van der Waals surface area (Å²) >= 11 is 0. The van der Waals surface area contributed by atoms with E-state index < -0.39 is 23.4 Å². The second kappa shape index (κ2) is 18.4. The molecule has 0 saturated heterocycles. The normalized spacial score (nSPS) is 28.1. The Morgan fingerprint density at radius 1 is 0.939 bits per heavy atom. The lowest BCUT2D eigenvalue weighted by molar-refractivity contribution is -0.145. The number of phenolic OH excluding ortho intramolecular Hbond substituents is 1. The van der Waals surface area contributed by atoms with E-state index in [-0.39, 0.29) is 12.5 Å². The van der Waals surface area contributed by atoms with Crippen molar-refractivity contribution >= 4 is 5.97 Å². The van der Waals surface area contributed by atoms with Crippen LogP contribution < -0.4 is 0 Å². The lowest BCUT2D eigenvalue weighted by Gasteiger charge is -2.44. The van der Waals surface area contributed by atoms with Crippen molar-refractivity contribution < 1.29 is 25.2 Å². The zero-order chi connectivity index (χ0) is 34.6. The van der Waals surface area contributed by atoms with Gasteiger partial charge in [-0.05, 0) is 135 Å². The van der Waals surface area contributed by atoms with E-state index in [2.05, 4.69) is 61.5 Å². The van der Waals surface area contributed by atoms with Crippen LogP contribution >= 0.6 is 0 Å². The zero-order valence-electron chi connectivity index (χ0n) is 30.0. The summed E-state index contributed by atoms with van der Waals surface area (Å²) in [4.78, 5) is 12.9. The molecule has 0 unspecified atom stereocenters. The number of unbranched alkanes of at least 4 members (excludes halogenated alkanes) is 5. The van der Waals surface area contributed by atoms with Crippen LogP contribution in [0.15, 0.2) is 66.3 Å². The summed E-state index contributed by atoms with van der Waals surface area (Å²) in [5.74, 6) is 0.349. The lowest BCUT2D eigenvalue weighted by atomic mass is 9.60. The van der Waals surface area contributed by atoms with Crippen LogP contribution in [0.3, 0.4) is 0 Å². The Morgan fingerprint density at radius 3 is 2.51 bits per heavy atom. The molecule has 4 N–H and O–H groups in total. The number of hydrogen-bond acceptors (Lipinski definition) is 4. The van der Waals surface area contributed by atoms with Crippen LogP contribution in [0.2, 0.25) is 0 Å². The maximum Gasteiger partial charge on any atom is 0.307 e. The fourth-order valence-corrected chi connectivity index (χ4v) is 9.42. The highest BCUT2D eigenvalue weighted by molar-refractivity contribution is 5.73. The van der Waals surface area contributed by atoms with Gasteiger partial charge in [-0.1, -0.05) is 100 Å². The van der Waals surface area contributed by atoms with Crippen LogP contribution in [-0.4, -0.2) is 39.1 Å². The first kappa shape index (κ1) is 37.4. The maximum absolute atomic E-state index is 12.9. The molecule has 5 rings (SSSR count). The van der Waals surface area contributed by atoms with E-state index in [1.165, 1.54) is 48.8 Å². The van der Waals surface area contributed by atoms with Gasteiger partial charge in [-0.3, -0.25) is 4.79 Å². The van der Waals surface area contributed by atoms with E-state index in [0.29, 0.717) is 30.4 Å². The predicted molar refractivity (Wildman–Crippen MR) is 199 cm³/mol. The lowest BCUT2D eigenvalue weighted by Crippen LogP contribution is -2.45. The van der Waals surface area contributed by atoms with E-state index in [1.54, 1.807) is 0 Å². The van der Waals surface area contributed by atoms with Crippen molar-refractivity contribution in [2.45, 2.75) is 146 Å². The number of aryl methyl sites for hydroxylation is 1. The Hall–Kier alpha value is -2.89. The minimum absolute atomic E-state index is 0.208. The van der Waals surface area contributed by atoms with E-state index >= 15 is 0 Å². The molecule has 1 fully saturated rings. The first-order valence-corrected chi connectivity index (χ1v) is 19.6. The van der Waals surface area contributed by atoms with Crippen LogP contribution in [0.25, 0.3) is 0 Å².